The summed E-state index contributed by atoms with van der Waals surface area (Å²) in [5.41, 5.74) is 0. The molecule has 0 aromatic rings. The Balaban J connectivity index is 1.83. The van der Waals surface area contributed by atoms with Gasteiger partial charge in [-0.15, -0.1) is 0 Å². The molecule has 1 fully saturated rings. The molecule has 3 nitrogen and oxygen atoms in total. The zero-order valence-electron chi connectivity index (χ0n) is 10.1. The Hall–Kier alpha value is -0.120. The van der Waals surface area contributed by atoms with Crippen molar-refractivity contribution >= 4 is 0 Å². The first-order valence-electron chi connectivity index (χ1n) is 6.15. The zero-order chi connectivity index (χ0) is 10.9. The quantitative estimate of drug-likeness (QED) is 0.655. The number of hydrogen-bond donors (Lipinski definition) is 1. The predicted molar refractivity (Wildman–Crippen MR) is 62.1 cm³/mol. The molecule has 15 heavy (non-hydrogen) atoms. The van der Waals surface area contributed by atoms with E-state index in [0.29, 0.717) is 11.8 Å². The fraction of sp³-hybridized carbons (Fsp3) is 1.00. The Morgan fingerprint density at radius 3 is 3.00 bits per heavy atom. The molecular formula is C12H25NO2. The van der Waals surface area contributed by atoms with Crippen molar-refractivity contribution < 1.29 is 9.47 Å². The van der Waals surface area contributed by atoms with Crippen molar-refractivity contribution in [2.24, 2.45) is 11.8 Å². The predicted octanol–water partition coefficient (Wildman–Crippen LogP) is 1.68. The minimum absolute atomic E-state index is 0.636. The SMILES string of the molecule is CC(C)COCCNCC1CCCOC1. The van der Waals surface area contributed by atoms with Crippen molar-refractivity contribution in [1.82, 2.24) is 5.32 Å². The highest BCUT2D eigenvalue weighted by Gasteiger charge is 2.12. The molecule has 0 bridgehead atoms. The maximum atomic E-state index is 5.49. The average molecular weight is 215 g/mol. The molecule has 0 spiro atoms. The fourth-order valence-corrected chi connectivity index (χ4v) is 1.74. The minimum atomic E-state index is 0.636. The summed E-state index contributed by atoms with van der Waals surface area (Å²) < 4.78 is 10.9. The van der Waals surface area contributed by atoms with E-state index in [2.05, 4.69) is 19.2 Å². The van der Waals surface area contributed by atoms with E-state index in [4.69, 9.17) is 9.47 Å². The molecule has 1 aliphatic rings. The lowest BCUT2D eigenvalue weighted by atomic mass is 10.0. The van der Waals surface area contributed by atoms with Crippen LogP contribution in [0, 0.1) is 11.8 Å². The van der Waals surface area contributed by atoms with Crippen molar-refractivity contribution in [3.05, 3.63) is 0 Å². The summed E-state index contributed by atoms with van der Waals surface area (Å²) in [4.78, 5) is 0. The number of nitrogens with one attached hydrogen (secondary N) is 1. The molecule has 0 saturated carbocycles. The van der Waals surface area contributed by atoms with Crippen molar-refractivity contribution in [1.29, 1.82) is 0 Å². The van der Waals surface area contributed by atoms with E-state index in [-0.39, 0.29) is 0 Å². The summed E-state index contributed by atoms with van der Waals surface area (Å²) in [5.74, 6) is 1.35. The van der Waals surface area contributed by atoms with Gasteiger partial charge in [-0.05, 0) is 24.7 Å². The molecule has 1 N–H and O–H groups in total. The highest BCUT2D eigenvalue weighted by molar-refractivity contribution is 4.65. The number of rotatable bonds is 7. The van der Waals surface area contributed by atoms with E-state index in [0.717, 1.165) is 39.5 Å². The fourth-order valence-electron chi connectivity index (χ4n) is 1.74. The summed E-state index contributed by atoms with van der Waals surface area (Å²) in [6.07, 6.45) is 2.52. The van der Waals surface area contributed by atoms with Gasteiger partial charge in [0, 0.05) is 26.3 Å². The van der Waals surface area contributed by atoms with E-state index in [9.17, 15) is 0 Å². The van der Waals surface area contributed by atoms with E-state index in [1.54, 1.807) is 0 Å². The lowest BCUT2D eigenvalue weighted by Gasteiger charge is -2.22. The summed E-state index contributed by atoms with van der Waals surface area (Å²) in [7, 11) is 0. The zero-order valence-corrected chi connectivity index (χ0v) is 10.1. The number of ether oxygens (including phenoxy) is 2. The normalized spacial score (nSPS) is 22.2. The molecule has 1 aliphatic heterocycles. The van der Waals surface area contributed by atoms with Crippen LogP contribution >= 0.6 is 0 Å². The van der Waals surface area contributed by atoms with Crippen LogP contribution in [0.5, 0.6) is 0 Å². The van der Waals surface area contributed by atoms with Crippen LogP contribution in [0.2, 0.25) is 0 Å². The van der Waals surface area contributed by atoms with Gasteiger partial charge in [0.05, 0.1) is 13.2 Å². The largest absolute Gasteiger partial charge is 0.381 e. The van der Waals surface area contributed by atoms with E-state index < -0.39 is 0 Å². The molecule has 0 aliphatic carbocycles. The van der Waals surface area contributed by atoms with Crippen LogP contribution in [-0.4, -0.2) is 39.5 Å². The molecule has 0 aromatic carbocycles. The molecule has 0 aromatic heterocycles. The van der Waals surface area contributed by atoms with Gasteiger partial charge in [0.1, 0.15) is 0 Å². The second-order valence-electron chi connectivity index (χ2n) is 4.76. The lowest BCUT2D eigenvalue weighted by molar-refractivity contribution is 0.0531. The van der Waals surface area contributed by atoms with Gasteiger partial charge in [0.2, 0.25) is 0 Å². The minimum Gasteiger partial charge on any atom is -0.381 e. The van der Waals surface area contributed by atoms with Gasteiger partial charge in [-0.1, -0.05) is 13.8 Å². The molecule has 3 heteroatoms. The van der Waals surface area contributed by atoms with Gasteiger partial charge in [0.25, 0.3) is 0 Å². The van der Waals surface area contributed by atoms with Gasteiger partial charge in [0.15, 0.2) is 0 Å². The van der Waals surface area contributed by atoms with Gasteiger partial charge < -0.3 is 14.8 Å². The van der Waals surface area contributed by atoms with E-state index in [1.807, 2.05) is 0 Å². The van der Waals surface area contributed by atoms with Crippen molar-refractivity contribution in [2.45, 2.75) is 26.7 Å². The maximum Gasteiger partial charge on any atom is 0.0591 e. The lowest BCUT2D eigenvalue weighted by Crippen LogP contribution is -2.31. The standard InChI is InChI=1S/C12H25NO2/c1-11(2)9-15-7-5-13-8-12-4-3-6-14-10-12/h11-13H,3-10H2,1-2H3. The van der Waals surface area contributed by atoms with Gasteiger partial charge >= 0.3 is 0 Å². The third-order valence-corrected chi connectivity index (χ3v) is 2.56. The second kappa shape index (κ2) is 8.08. The molecule has 0 radical (unpaired) electrons. The second-order valence-corrected chi connectivity index (χ2v) is 4.76. The smallest absolute Gasteiger partial charge is 0.0591 e. The van der Waals surface area contributed by atoms with Crippen molar-refractivity contribution in [2.75, 3.05) is 39.5 Å². The van der Waals surface area contributed by atoms with Crippen LogP contribution in [-0.2, 0) is 9.47 Å². The maximum absolute atomic E-state index is 5.49. The molecular weight excluding hydrogens is 190 g/mol. The van der Waals surface area contributed by atoms with Crippen molar-refractivity contribution in [3.8, 4) is 0 Å². The van der Waals surface area contributed by atoms with Crippen molar-refractivity contribution in [3.63, 3.8) is 0 Å². The topological polar surface area (TPSA) is 30.5 Å². The summed E-state index contributed by atoms with van der Waals surface area (Å²) in [6.45, 7) is 9.96. The molecule has 1 atom stereocenters. The van der Waals surface area contributed by atoms with Crippen LogP contribution < -0.4 is 5.32 Å². The van der Waals surface area contributed by atoms with E-state index >= 15 is 0 Å². The first-order valence-corrected chi connectivity index (χ1v) is 6.15. The summed E-state index contributed by atoms with van der Waals surface area (Å²) in [6, 6.07) is 0. The third-order valence-electron chi connectivity index (χ3n) is 2.56. The van der Waals surface area contributed by atoms with Crippen LogP contribution in [0.1, 0.15) is 26.7 Å². The molecule has 90 valence electrons. The summed E-state index contributed by atoms with van der Waals surface area (Å²) in [5, 5.41) is 3.42. The third kappa shape index (κ3) is 6.88. The Labute approximate surface area is 93.5 Å². The van der Waals surface area contributed by atoms with E-state index in [1.165, 1.54) is 12.8 Å². The van der Waals surface area contributed by atoms with Gasteiger partial charge in [-0.2, -0.15) is 0 Å². The Morgan fingerprint density at radius 2 is 2.33 bits per heavy atom. The Morgan fingerprint density at radius 1 is 1.47 bits per heavy atom. The van der Waals surface area contributed by atoms with Crippen LogP contribution in [0.25, 0.3) is 0 Å². The monoisotopic (exact) mass is 215 g/mol. The summed E-state index contributed by atoms with van der Waals surface area (Å²) >= 11 is 0. The van der Waals surface area contributed by atoms with Gasteiger partial charge in [-0.3, -0.25) is 0 Å². The molecule has 1 rings (SSSR count). The average Bonchev–Trinajstić information content (AvgIpc) is 2.24. The molecule has 1 heterocycles. The van der Waals surface area contributed by atoms with Crippen LogP contribution in [0.15, 0.2) is 0 Å². The first-order chi connectivity index (χ1) is 7.29. The molecule has 1 unspecified atom stereocenters. The molecule has 1 saturated heterocycles. The van der Waals surface area contributed by atoms with Crippen LogP contribution in [0.4, 0.5) is 0 Å². The molecule has 0 amide bonds. The Kier molecular flexibility index (Phi) is 6.98. The first kappa shape index (κ1) is 12.9. The Bertz CT molecular complexity index is 145. The highest BCUT2D eigenvalue weighted by atomic mass is 16.5. The number of hydrogen-bond acceptors (Lipinski definition) is 3. The highest BCUT2D eigenvalue weighted by Crippen LogP contribution is 2.11. The van der Waals surface area contributed by atoms with Gasteiger partial charge in [-0.25, -0.2) is 0 Å². The van der Waals surface area contributed by atoms with Crippen LogP contribution in [0.3, 0.4) is 0 Å².